The Morgan fingerprint density at radius 3 is 0.333 bits per heavy atom. The molecule has 0 fully saturated rings. The Morgan fingerprint density at radius 2 is 0.333 bits per heavy atom. The largest absolute Gasteiger partial charge is 0 e. The zero-order chi connectivity index (χ0) is 18.0. The quantitative estimate of drug-likeness (QED) is 0.218. The molecule has 21 heteroatoms. The van der Waals surface area contributed by atoms with Crippen molar-refractivity contribution in [2.24, 2.45) is 0 Å². The van der Waals surface area contributed by atoms with Gasteiger partial charge in [-0.1, -0.05) is 0 Å². The van der Waals surface area contributed by atoms with Gasteiger partial charge in [-0.3, -0.25) is 0 Å². The summed E-state index contributed by atoms with van der Waals surface area (Å²) in [6, 6.07) is 0. The van der Waals surface area contributed by atoms with Crippen LogP contribution in [0.4, 0.5) is 0 Å². The molecule has 0 unspecified atom stereocenters. The third kappa shape index (κ3) is 12900. The van der Waals surface area contributed by atoms with Crippen LogP contribution in [0.3, 0.4) is 0 Å². The molecule has 0 aliphatic carbocycles. The molecular weight excluding hydrogens is 1190 g/mol. The molecule has 0 spiro atoms. The van der Waals surface area contributed by atoms with Crippen LogP contribution in [-0.4, -0.2) is 0 Å². The molecule has 0 rings (SSSR count). The Morgan fingerprint density at radius 1 is 0.333 bits per heavy atom. The summed E-state index contributed by atoms with van der Waals surface area (Å²) in [7, 11) is 0. The Hall–Kier alpha value is 0.752. The van der Waals surface area contributed by atoms with Crippen molar-refractivity contribution in [3.63, 3.8) is 0 Å². The average molecular weight is 1190 g/mol. The molecule has 0 heterocycles. The molecule has 0 aliphatic rings. The van der Waals surface area contributed by atoms with Gasteiger partial charge in [0.15, 0.2) is 0 Å². The molecule has 135 valence electrons. The van der Waals surface area contributed by atoms with Crippen molar-refractivity contribution in [3.8, 4) is 0 Å². The molecule has 0 atom stereocenters. The van der Waals surface area contributed by atoms with E-state index in [-0.39, 0.29) is 20.4 Å². The summed E-state index contributed by atoms with van der Waals surface area (Å²) in [5, 5.41) is 0. The van der Waals surface area contributed by atoms with E-state index in [1.54, 1.807) is 0 Å². The number of rotatable bonds is 0. The fraction of sp³-hybridized carbons (Fsp3) is 0. The van der Waals surface area contributed by atoms with E-state index < -0.39 is 63.1 Å². The van der Waals surface area contributed by atoms with Gasteiger partial charge in [0.05, 0.1) is 0 Å². The molecule has 0 aromatic carbocycles. The van der Waals surface area contributed by atoms with Crippen molar-refractivity contribution in [1.82, 2.24) is 0 Å². The van der Waals surface area contributed by atoms with E-state index in [9.17, 15) is 0 Å². The Kier molecular flexibility index (Phi) is 21.0. The first kappa shape index (κ1) is 33.4. The Balaban J connectivity index is -0.0000000533. The van der Waals surface area contributed by atoms with E-state index in [4.69, 9.17) is 56.9 Å². The molecule has 0 saturated carbocycles. The Labute approximate surface area is 139 Å². The molecular formula is O16Re5-4. The second-order valence-corrected chi connectivity index (χ2v) is 12.4. The third-order valence-corrected chi connectivity index (χ3v) is 0. The van der Waals surface area contributed by atoms with E-state index in [2.05, 4.69) is 0 Å². The normalized spacial score (nSPS) is 10.9. The van der Waals surface area contributed by atoms with Crippen LogP contribution in [0.1, 0.15) is 0 Å². The molecule has 1 radical (unpaired) electrons. The zero-order valence-corrected chi connectivity index (χ0v) is 22.0. The number of hydrogen-bond donors (Lipinski definition) is 0. The van der Waals surface area contributed by atoms with Crippen LogP contribution in [0.25, 0.3) is 0 Å². The molecule has 0 bridgehead atoms. The smallest absolute Gasteiger partial charge is 0 e. The minimum absolute atomic E-state index is 0. The molecule has 21 heavy (non-hydrogen) atoms. The van der Waals surface area contributed by atoms with Gasteiger partial charge in [-0.2, -0.15) is 0 Å². The van der Waals surface area contributed by atoms with Gasteiger partial charge in [0.1, 0.15) is 0 Å². The van der Waals surface area contributed by atoms with Crippen molar-refractivity contribution in [1.29, 1.82) is 0 Å². The van der Waals surface area contributed by atoms with Gasteiger partial charge in [-0.25, -0.2) is 0 Å². The van der Waals surface area contributed by atoms with E-state index in [1.807, 2.05) is 0 Å². The fourth-order valence-corrected chi connectivity index (χ4v) is 0. The number of hydrogen-bond acceptors (Lipinski definition) is 16. The zero-order valence-electron chi connectivity index (χ0n) is 8.42. The van der Waals surface area contributed by atoms with Crippen molar-refractivity contribution < 1.29 is 141 Å². The van der Waals surface area contributed by atoms with Gasteiger partial charge in [0, 0.05) is 20.4 Å². The maximum Gasteiger partial charge on any atom is 0 e. The minimum Gasteiger partial charge on any atom is 0 e. The first-order chi connectivity index (χ1) is 8.00. The molecule has 16 nitrogen and oxygen atoms in total. The van der Waals surface area contributed by atoms with Crippen molar-refractivity contribution in [2.75, 3.05) is 0 Å². The predicted octanol–water partition coefficient (Wildman–Crippen LogP) is -6.19. The van der Waals surface area contributed by atoms with Gasteiger partial charge in [-0.15, -0.1) is 0 Å². The van der Waals surface area contributed by atoms with Crippen LogP contribution in [-0.2, 0) is 125 Å². The molecule has 0 amide bonds. The van der Waals surface area contributed by atoms with Crippen molar-refractivity contribution in [2.45, 2.75) is 0 Å². The summed E-state index contributed by atoms with van der Waals surface area (Å²) in [6.45, 7) is 0. The summed E-state index contributed by atoms with van der Waals surface area (Å²) in [5.74, 6) is 0. The van der Waals surface area contributed by atoms with Crippen LogP contribution < -0.4 is 15.3 Å². The van der Waals surface area contributed by atoms with Crippen LogP contribution in [0.2, 0.25) is 0 Å². The van der Waals surface area contributed by atoms with Crippen LogP contribution in [0.5, 0.6) is 0 Å². The molecule has 0 aromatic rings. The molecule has 0 aromatic heterocycles. The maximum absolute atomic E-state index is 8.64. The topological polar surface area (TPSA) is 297 Å². The van der Waals surface area contributed by atoms with Gasteiger partial charge in [0.25, 0.3) is 0 Å². The van der Waals surface area contributed by atoms with E-state index in [1.165, 1.54) is 0 Å². The summed E-state index contributed by atoms with van der Waals surface area (Å²) in [6.07, 6.45) is 0. The van der Waals surface area contributed by atoms with Gasteiger partial charge >= 0.3 is 120 Å². The fourth-order valence-electron chi connectivity index (χ4n) is 0. The predicted molar refractivity (Wildman–Crippen MR) is 8.24 cm³/mol. The first-order valence-electron chi connectivity index (χ1n) is 2.47. The summed E-state index contributed by atoms with van der Waals surface area (Å²) < 4.78 is 138. The molecule has 0 saturated heterocycles. The van der Waals surface area contributed by atoms with Gasteiger partial charge in [-0.05, 0) is 0 Å². The Bertz CT molecular complexity index is 669. The molecule has 0 aliphatic heterocycles. The van der Waals surface area contributed by atoms with Crippen molar-refractivity contribution >= 4 is 0 Å². The monoisotopic (exact) mass is 1190 g/mol. The first-order valence-corrected chi connectivity index (χ1v) is 20.2. The summed E-state index contributed by atoms with van der Waals surface area (Å²) in [5.41, 5.74) is 0. The van der Waals surface area contributed by atoms with Crippen LogP contribution >= 0.6 is 0 Å². The van der Waals surface area contributed by atoms with E-state index in [0.717, 1.165) is 0 Å². The van der Waals surface area contributed by atoms with Crippen LogP contribution in [0.15, 0.2) is 0 Å². The second kappa shape index (κ2) is 13.2. The maximum atomic E-state index is 8.64. The standard InChI is InChI=1S/16O.5Re/q;;;;;;;;;;;;4*-1;;;;;. The average Bonchev–Trinajstić information content (AvgIpc) is 1.62. The summed E-state index contributed by atoms with van der Waals surface area (Å²) >= 11 is -24.4. The van der Waals surface area contributed by atoms with E-state index >= 15 is 0 Å². The molecule has 0 N–H and O–H groups in total. The van der Waals surface area contributed by atoms with Crippen molar-refractivity contribution in [3.05, 3.63) is 0 Å². The second-order valence-electron chi connectivity index (χ2n) is 1.51. The van der Waals surface area contributed by atoms with Gasteiger partial charge < -0.3 is 0 Å². The summed E-state index contributed by atoms with van der Waals surface area (Å²) in [4.78, 5) is 0. The minimum atomic E-state index is -6.11. The van der Waals surface area contributed by atoms with Gasteiger partial charge in [0.2, 0.25) is 0 Å². The van der Waals surface area contributed by atoms with E-state index in [0.29, 0.717) is 0 Å². The third-order valence-electron chi connectivity index (χ3n) is 0. The van der Waals surface area contributed by atoms with Crippen LogP contribution in [0, 0.1) is 0 Å². The SMILES string of the molecule is [O]=[Re](=[O])(=[O])[O-].[O]=[Re](=[O])(=[O])[O-].[O]=[Re](=[O])(=[O])[O-].[O]=[Re](=[O])(=[O])[O-].[Re].